The molecular formula is C12H21NO2S. The fourth-order valence-corrected chi connectivity index (χ4v) is 2.97. The molecule has 0 atom stereocenters. The van der Waals surface area contributed by atoms with Gasteiger partial charge >= 0.3 is 5.97 Å². The Morgan fingerprint density at radius 2 is 2.19 bits per heavy atom. The Morgan fingerprint density at radius 1 is 1.50 bits per heavy atom. The highest BCUT2D eigenvalue weighted by molar-refractivity contribution is 8.00. The van der Waals surface area contributed by atoms with Crippen molar-refractivity contribution >= 4 is 17.7 Å². The van der Waals surface area contributed by atoms with Gasteiger partial charge in [-0.2, -0.15) is 11.8 Å². The molecule has 3 nitrogen and oxygen atoms in total. The number of hydrogen-bond donors (Lipinski definition) is 1. The van der Waals surface area contributed by atoms with E-state index in [4.69, 9.17) is 5.11 Å². The molecule has 0 spiro atoms. The van der Waals surface area contributed by atoms with Crippen LogP contribution in [0.4, 0.5) is 0 Å². The first-order valence-electron chi connectivity index (χ1n) is 5.65. The van der Waals surface area contributed by atoms with Gasteiger partial charge < -0.3 is 5.11 Å². The van der Waals surface area contributed by atoms with Crippen LogP contribution in [-0.2, 0) is 4.79 Å². The third-order valence-corrected chi connectivity index (χ3v) is 4.15. The molecule has 1 heterocycles. The van der Waals surface area contributed by atoms with E-state index >= 15 is 0 Å². The SMILES string of the molecule is CC(=CC(=O)O)CN1CCSC(C)(C)CC1. The second-order valence-corrected chi connectivity index (χ2v) is 6.77. The molecule has 0 saturated carbocycles. The van der Waals surface area contributed by atoms with E-state index < -0.39 is 5.97 Å². The van der Waals surface area contributed by atoms with E-state index in [1.165, 1.54) is 6.08 Å². The van der Waals surface area contributed by atoms with Crippen LogP contribution in [0.2, 0.25) is 0 Å². The first-order chi connectivity index (χ1) is 7.39. The highest BCUT2D eigenvalue weighted by Gasteiger charge is 2.23. The monoisotopic (exact) mass is 243 g/mol. The van der Waals surface area contributed by atoms with Crippen molar-refractivity contribution in [1.29, 1.82) is 0 Å². The van der Waals surface area contributed by atoms with E-state index in [9.17, 15) is 4.79 Å². The van der Waals surface area contributed by atoms with Crippen molar-refractivity contribution in [2.75, 3.05) is 25.4 Å². The van der Waals surface area contributed by atoms with Crippen LogP contribution in [0.5, 0.6) is 0 Å². The number of nitrogens with zero attached hydrogens (tertiary/aromatic N) is 1. The number of hydrogen-bond acceptors (Lipinski definition) is 3. The first kappa shape index (κ1) is 13.6. The van der Waals surface area contributed by atoms with Crippen molar-refractivity contribution < 1.29 is 9.90 Å². The van der Waals surface area contributed by atoms with E-state index in [0.717, 1.165) is 37.4 Å². The van der Waals surface area contributed by atoms with Gasteiger partial charge in [-0.3, -0.25) is 4.90 Å². The normalized spacial score (nSPS) is 22.8. The summed E-state index contributed by atoms with van der Waals surface area (Å²) in [7, 11) is 0. The summed E-state index contributed by atoms with van der Waals surface area (Å²) in [6, 6.07) is 0. The number of carbonyl (C=O) groups is 1. The average molecular weight is 243 g/mol. The van der Waals surface area contributed by atoms with Gasteiger partial charge in [0.2, 0.25) is 0 Å². The summed E-state index contributed by atoms with van der Waals surface area (Å²) in [6.45, 7) is 9.34. The van der Waals surface area contributed by atoms with Gasteiger partial charge in [-0.15, -0.1) is 0 Å². The summed E-state index contributed by atoms with van der Waals surface area (Å²) < 4.78 is 0.360. The maximum absolute atomic E-state index is 10.5. The van der Waals surface area contributed by atoms with Crippen LogP contribution in [0.25, 0.3) is 0 Å². The van der Waals surface area contributed by atoms with Crippen LogP contribution in [0.3, 0.4) is 0 Å². The van der Waals surface area contributed by atoms with Gasteiger partial charge in [0.05, 0.1) is 0 Å². The Hall–Kier alpha value is -0.480. The second kappa shape index (κ2) is 5.73. The van der Waals surface area contributed by atoms with Crippen LogP contribution < -0.4 is 0 Å². The number of rotatable bonds is 3. The zero-order chi connectivity index (χ0) is 12.2. The molecule has 16 heavy (non-hydrogen) atoms. The molecule has 1 saturated heterocycles. The molecule has 0 aromatic heterocycles. The predicted molar refractivity (Wildman–Crippen MR) is 69.0 cm³/mol. The molecule has 1 fully saturated rings. The molecule has 0 aromatic carbocycles. The minimum atomic E-state index is -0.845. The zero-order valence-corrected chi connectivity index (χ0v) is 11.1. The molecule has 0 aliphatic carbocycles. The molecule has 0 radical (unpaired) electrons. The highest BCUT2D eigenvalue weighted by atomic mass is 32.2. The van der Waals surface area contributed by atoms with Crippen LogP contribution >= 0.6 is 11.8 Å². The minimum absolute atomic E-state index is 0.360. The summed E-state index contributed by atoms with van der Waals surface area (Å²) in [5, 5.41) is 8.65. The molecule has 92 valence electrons. The zero-order valence-electron chi connectivity index (χ0n) is 10.3. The molecule has 1 rings (SSSR count). The van der Waals surface area contributed by atoms with Gasteiger partial charge in [0.15, 0.2) is 0 Å². The van der Waals surface area contributed by atoms with Crippen molar-refractivity contribution in [3.8, 4) is 0 Å². The fraction of sp³-hybridized carbons (Fsp3) is 0.750. The second-order valence-electron chi connectivity index (χ2n) is 4.96. The van der Waals surface area contributed by atoms with Crippen molar-refractivity contribution in [3.05, 3.63) is 11.6 Å². The number of carboxylic acids is 1. The van der Waals surface area contributed by atoms with Gasteiger partial charge in [0, 0.05) is 29.7 Å². The Kier molecular flexibility index (Phi) is 4.87. The molecule has 1 aliphatic heterocycles. The lowest BCUT2D eigenvalue weighted by atomic mass is 10.1. The van der Waals surface area contributed by atoms with Crippen molar-refractivity contribution in [2.45, 2.75) is 31.9 Å². The Labute approximate surface area is 102 Å². The molecule has 0 unspecified atom stereocenters. The predicted octanol–water partition coefficient (Wildman–Crippen LogP) is 2.23. The molecule has 0 amide bonds. The molecule has 0 bridgehead atoms. The lowest BCUT2D eigenvalue weighted by Crippen LogP contribution is -2.29. The van der Waals surface area contributed by atoms with Crippen molar-refractivity contribution in [2.24, 2.45) is 0 Å². The summed E-state index contributed by atoms with van der Waals surface area (Å²) in [5.74, 6) is 0.287. The van der Waals surface area contributed by atoms with Gasteiger partial charge in [-0.05, 0) is 19.9 Å². The van der Waals surface area contributed by atoms with Crippen LogP contribution in [0.1, 0.15) is 27.2 Å². The standard InChI is InChI=1S/C12H21NO2S/c1-10(8-11(14)15)9-13-5-4-12(2,3)16-7-6-13/h8H,4-7,9H2,1-3H3,(H,14,15). The van der Waals surface area contributed by atoms with Gasteiger partial charge in [-0.25, -0.2) is 4.79 Å². The maximum Gasteiger partial charge on any atom is 0.328 e. The maximum atomic E-state index is 10.5. The van der Waals surface area contributed by atoms with E-state index in [-0.39, 0.29) is 0 Å². The largest absolute Gasteiger partial charge is 0.478 e. The lowest BCUT2D eigenvalue weighted by Gasteiger charge is -2.22. The van der Waals surface area contributed by atoms with E-state index in [1.54, 1.807) is 0 Å². The third kappa shape index (κ3) is 5.03. The number of thioether (sulfide) groups is 1. The van der Waals surface area contributed by atoms with Gasteiger partial charge in [0.1, 0.15) is 0 Å². The van der Waals surface area contributed by atoms with E-state index in [2.05, 4.69) is 18.7 Å². The van der Waals surface area contributed by atoms with Crippen LogP contribution in [0, 0.1) is 0 Å². The molecule has 4 heteroatoms. The molecule has 0 aromatic rings. The van der Waals surface area contributed by atoms with Crippen molar-refractivity contribution in [1.82, 2.24) is 4.90 Å². The Balaban J connectivity index is 2.47. The summed E-state index contributed by atoms with van der Waals surface area (Å²) in [5.41, 5.74) is 0.928. The quantitative estimate of drug-likeness (QED) is 0.772. The smallest absolute Gasteiger partial charge is 0.328 e. The fourth-order valence-electron chi connectivity index (χ4n) is 1.83. The Morgan fingerprint density at radius 3 is 2.81 bits per heavy atom. The Bertz CT molecular complexity index is 287. The number of aliphatic carboxylic acids is 1. The van der Waals surface area contributed by atoms with Crippen molar-refractivity contribution in [3.63, 3.8) is 0 Å². The molecule has 1 N–H and O–H groups in total. The number of carboxylic acid groups (broad SMARTS) is 1. The third-order valence-electron chi connectivity index (χ3n) is 2.77. The highest BCUT2D eigenvalue weighted by Crippen LogP contribution is 2.30. The van der Waals surface area contributed by atoms with E-state index in [1.807, 2.05) is 18.7 Å². The lowest BCUT2D eigenvalue weighted by molar-refractivity contribution is -0.131. The molecule has 1 aliphatic rings. The van der Waals surface area contributed by atoms with Crippen LogP contribution in [0.15, 0.2) is 11.6 Å². The first-order valence-corrected chi connectivity index (χ1v) is 6.64. The summed E-state index contributed by atoms with van der Waals surface area (Å²) >= 11 is 2.01. The summed E-state index contributed by atoms with van der Waals surface area (Å²) in [4.78, 5) is 12.9. The van der Waals surface area contributed by atoms with Gasteiger partial charge in [0.25, 0.3) is 0 Å². The molecular weight excluding hydrogens is 222 g/mol. The van der Waals surface area contributed by atoms with Gasteiger partial charge in [-0.1, -0.05) is 19.4 Å². The summed E-state index contributed by atoms with van der Waals surface area (Å²) in [6.07, 6.45) is 2.47. The van der Waals surface area contributed by atoms with E-state index in [0.29, 0.717) is 4.75 Å². The average Bonchev–Trinajstić information content (AvgIpc) is 2.26. The minimum Gasteiger partial charge on any atom is -0.478 e. The van der Waals surface area contributed by atoms with Crippen LogP contribution in [-0.4, -0.2) is 46.1 Å². The topological polar surface area (TPSA) is 40.5 Å².